The van der Waals surface area contributed by atoms with Crippen molar-refractivity contribution in [3.63, 3.8) is 0 Å². The second kappa shape index (κ2) is 7.55. The molecule has 3 N–H and O–H groups in total. The molecule has 1 aliphatic rings. The summed E-state index contributed by atoms with van der Waals surface area (Å²) in [4.78, 5) is 12.2. The average molecular weight is 292 g/mol. The van der Waals surface area contributed by atoms with Gasteiger partial charge in [0, 0.05) is 18.0 Å². The maximum Gasteiger partial charge on any atom is 0.223 e. The Kier molecular flexibility index (Phi) is 5.74. The highest BCUT2D eigenvalue weighted by molar-refractivity contribution is 5.78. The van der Waals surface area contributed by atoms with Crippen molar-refractivity contribution in [1.29, 1.82) is 0 Å². The lowest BCUT2D eigenvalue weighted by molar-refractivity contribution is -0.125. The molecule has 3 nitrogen and oxygen atoms in total. The van der Waals surface area contributed by atoms with Gasteiger partial charge in [-0.3, -0.25) is 4.79 Å². The van der Waals surface area contributed by atoms with Crippen LogP contribution in [-0.2, 0) is 11.2 Å². The zero-order valence-electron chi connectivity index (χ0n) is 12.6. The van der Waals surface area contributed by atoms with Gasteiger partial charge in [-0.2, -0.15) is 0 Å². The Morgan fingerprint density at radius 1 is 1.38 bits per heavy atom. The van der Waals surface area contributed by atoms with Crippen molar-refractivity contribution in [3.8, 4) is 0 Å². The molecule has 0 aromatic heterocycles. The maximum atomic E-state index is 13.1. The fraction of sp³-hybridized carbons (Fsp3) is 0.588. The number of aryl methyl sites for hydroxylation is 1. The fourth-order valence-corrected chi connectivity index (χ4v) is 2.81. The number of nitrogens with two attached hydrogens (primary N) is 1. The third kappa shape index (κ3) is 5.12. The van der Waals surface area contributed by atoms with Crippen LogP contribution in [0, 0.1) is 11.7 Å². The summed E-state index contributed by atoms with van der Waals surface area (Å²) < 4.78 is 13.1. The number of benzene rings is 1. The van der Waals surface area contributed by atoms with E-state index in [1.54, 1.807) is 6.07 Å². The lowest BCUT2D eigenvalue weighted by atomic mass is 9.91. The van der Waals surface area contributed by atoms with E-state index >= 15 is 0 Å². The predicted molar refractivity (Wildman–Crippen MR) is 82.3 cm³/mol. The lowest BCUT2D eigenvalue weighted by Crippen LogP contribution is -2.42. The SMILES string of the molecule is CC(CCc1cccc(F)c1)C(=O)NC1CCC(N)CC1. The molecule has 1 aromatic rings. The Hall–Kier alpha value is -1.42. The highest BCUT2D eigenvalue weighted by Gasteiger charge is 2.22. The van der Waals surface area contributed by atoms with Gasteiger partial charge in [0.05, 0.1) is 0 Å². The molecule has 1 amide bonds. The zero-order valence-corrected chi connectivity index (χ0v) is 12.6. The van der Waals surface area contributed by atoms with E-state index in [1.165, 1.54) is 12.1 Å². The first-order valence-electron chi connectivity index (χ1n) is 7.85. The van der Waals surface area contributed by atoms with E-state index in [4.69, 9.17) is 5.73 Å². The van der Waals surface area contributed by atoms with Crippen molar-refractivity contribution in [2.75, 3.05) is 0 Å². The fourth-order valence-electron chi connectivity index (χ4n) is 2.81. The van der Waals surface area contributed by atoms with Gasteiger partial charge >= 0.3 is 0 Å². The van der Waals surface area contributed by atoms with Crippen LogP contribution in [0.5, 0.6) is 0 Å². The smallest absolute Gasteiger partial charge is 0.223 e. The second-order valence-corrected chi connectivity index (χ2v) is 6.19. The van der Waals surface area contributed by atoms with E-state index < -0.39 is 0 Å². The van der Waals surface area contributed by atoms with Crippen LogP contribution in [0.3, 0.4) is 0 Å². The van der Waals surface area contributed by atoms with Gasteiger partial charge in [0.1, 0.15) is 5.82 Å². The molecular weight excluding hydrogens is 267 g/mol. The zero-order chi connectivity index (χ0) is 15.2. The molecule has 1 atom stereocenters. The molecule has 116 valence electrons. The van der Waals surface area contributed by atoms with E-state index in [0.29, 0.717) is 6.04 Å². The van der Waals surface area contributed by atoms with Crippen molar-refractivity contribution < 1.29 is 9.18 Å². The molecule has 0 saturated heterocycles. The van der Waals surface area contributed by atoms with Crippen LogP contribution in [0.2, 0.25) is 0 Å². The quantitative estimate of drug-likeness (QED) is 0.877. The van der Waals surface area contributed by atoms with Gasteiger partial charge in [-0.1, -0.05) is 19.1 Å². The Morgan fingerprint density at radius 2 is 2.10 bits per heavy atom. The Labute approximate surface area is 126 Å². The lowest BCUT2D eigenvalue weighted by Gasteiger charge is -2.27. The summed E-state index contributed by atoms with van der Waals surface area (Å²) >= 11 is 0. The second-order valence-electron chi connectivity index (χ2n) is 6.19. The van der Waals surface area contributed by atoms with Gasteiger partial charge < -0.3 is 11.1 Å². The minimum Gasteiger partial charge on any atom is -0.353 e. The average Bonchev–Trinajstić information content (AvgIpc) is 2.47. The van der Waals surface area contributed by atoms with Crippen molar-refractivity contribution in [2.45, 2.75) is 57.5 Å². The molecule has 21 heavy (non-hydrogen) atoms. The molecule has 4 heteroatoms. The molecule has 2 rings (SSSR count). The van der Waals surface area contributed by atoms with Crippen molar-refractivity contribution >= 4 is 5.91 Å². The van der Waals surface area contributed by atoms with E-state index in [-0.39, 0.29) is 23.7 Å². The van der Waals surface area contributed by atoms with Crippen LogP contribution >= 0.6 is 0 Å². The minimum absolute atomic E-state index is 0.0520. The highest BCUT2D eigenvalue weighted by Crippen LogP contribution is 2.18. The molecular formula is C17H25FN2O. The van der Waals surface area contributed by atoms with Crippen LogP contribution < -0.4 is 11.1 Å². The van der Waals surface area contributed by atoms with Crippen LogP contribution in [0.1, 0.15) is 44.6 Å². The molecule has 1 fully saturated rings. The van der Waals surface area contributed by atoms with Gasteiger partial charge in [-0.25, -0.2) is 4.39 Å². The van der Waals surface area contributed by atoms with Gasteiger partial charge in [-0.05, 0) is 56.2 Å². The number of carbonyl (C=O) groups is 1. The summed E-state index contributed by atoms with van der Waals surface area (Å²) in [6.07, 6.45) is 5.39. The molecule has 0 radical (unpaired) electrons. The van der Waals surface area contributed by atoms with Gasteiger partial charge in [0.25, 0.3) is 0 Å². The van der Waals surface area contributed by atoms with Crippen LogP contribution in [0.15, 0.2) is 24.3 Å². The number of amides is 1. The standard InChI is InChI=1S/C17H25FN2O/c1-12(5-6-13-3-2-4-14(18)11-13)17(21)20-16-9-7-15(19)8-10-16/h2-4,11-12,15-16H,5-10,19H2,1H3,(H,20,21). The number of halogens is 1. The Balaban J connectivity index is 1.75. The van der Waals surface area contributed by atoms with E-state index in [1.807, 2.05) is 13.0 Å². The van der Waals surface area contributed by atoms with Crippen LogP contribution in [-0.4, -0.2) is 18.0 Å². The number of hydrogen-bond donors (Lipinski definition) is 2. The maximum absolute atomic E-state index is 13.1. The normalized spacial score (nSPS) is 23.6. The first-order valence-corrected chi connectivity index (χ1v) is 7.85. The molecule has 1 unspecified atom stereocenters. The first kappa shape index (κ1) is 16.0. The van der Waals surface area contributed by atoms with E-state index in [9.17, 15) is 9.18 Å². The molecule has 1 aliphatic carbocycles. The number of hydrogen-bond acceptors (Lipinski definition) is 2. The molecule has 0 spiro atoms. The molecule has 0 aliphatic heterocycles. The summed E-state index contributed by atoms with van der Waals surface area (Å²) in [6, 6.07) is 7.15. The number of rotatable bonds is 5. The molecule has 1 aromatic carbocycles. The molecule has 1 saturated carbocycles. The van der Waals surface area contributed by atoms with Gasteiger partial charge in [-0.15, -0.1) is 0 Å². The third-order valence-electron chi connectivity index (χ3n) is 4.32. The minimum atomic E-state index is -0.219. The topological polar surface area (TPSA) is 55.1 Å². The van der Waals surface area contributed by atoms with Crippen molar-refractivity contribution in [1.82, 2.24) is 5.32 Å². The summed E-state index contributed by atoms with van der Waals surface area (Å²) in [5.41, 5.74) is 6.81. The first-order chi connectivity index (χ1) is 10.0. The van der Waals surface area contributed by atoms with Crippen molar-refractivity contribution in [3.05, 3.63) is 35.6 Å². The summed E-state index contributed by atoms with van der Waals surface area (Å²) in [5, 5.41) is 3.12. The van der Waals surface area contributed by atoms with Gasteiger partial charge in [0.2, 0.25) is 5.91 Å². The summed E-state index contributed by atoms with van der Waals surface area (Å²) in [6.45, 7) is 1.93. The third-order valence-corrected chi connectivity index (χ3v) is 4.32. The van der Waals surface area contributed by atoms with Crippen molar-refractivity contribution in [2.24, 2.45) is 11.7 Å². The molecule has 0 heterocycles. The monoisotopic (exact) mass is 292 g/mol. The summed E-state index contributed by atoms with van der Waals surface area (Å²) in [7, 11) is 0. The van der Waals surface area contributed by atoms with Crippen LogP contribution in [0.25, 0.3) is 0 Å². The Morgan fingerprint density at radius 3 is 2.76 bits per heavy atom. The van der Waals surface area contributed by atoms with Crippen LogP contribution in [0.4, 0.5) is 4.39 Å². The Bertz CT molecular complexity index is 470. The largest absolute Gasteiger partial charge is 0.353 e. The van der Waals surface area contributed by atoms with E-state index in [0.717, 1.165) is 44.1 Å². The van der Waals surface area contributed by atoms with Gasteiger partial charge in [0.15, 0.2) is 0 Å². The molecule has 0 bridgehead atoms. The number of nitrogens with one attached hydrogen (secondary N) is 1. The summed E-state index contributed by atoms with van der Waals surface area (Å²) in [5.74, 6) is -0.168. The predicted octanol–water partition coefficient (Wildman–Crippen LogP) is 2.78. The number of carbonyl (C=O) groups excluding carboxylic acids is 1. The highest BCUT2D eigenvalue weighted by atomic mass is 19.1. The van der Waals surface area contributed by atoms with E-state index in [2.05, 4.69) is 5.32 Å².